The summed E-state index contributed by atoms with van der Waals surface area (Å²) in [6.07, 6.45) is 7.24. The number of pyridine rings is 1. The molecule has 2 heterocycles. The molecule has 1 aliphatic rings. The van der Waals surface area contributed by atoms with E-state index in [0.29, 0.717) is 26.9 Å². The van der Waals surface area contributed by atoms with Crippen LogP contribution in [0.3, 0.4) is 0 Å². The van der Waals surface area contributed by atoms with Crippen LogP contribution in [0.25, 0.3) is 0 Å². The average molecular weight is 392 g/mol. The SMILES string of the molecule is O=C(Nc1ccc(Cl)cc1Cl)c1cncc(C(=O)N2CCCCCC2)c1. The second-order valence-electron chi connectivity index (χ2n) is 6.25. The highest BCUT2D eigenvalue weighted by Gasteiger charge is 2.19. The number of amides is 2. The van der Waals surface area contributed by atoms with Gasteiger partial charge >= 0.3 is 0 Å². The van der Waals surface area contributed by atoms with Crippen molar-refractivity contribution in [2.75, 3.05) is 18.4 Å². The van der Waals surface area contributed by atoms with E-state index in [4.69, 9.17) is 23.2 Å². The lowest BCUT2D eigenvalue weighted by molar-refractivity contribution is 0.0761. The zero-order chi connectivity index (χ0) is 18.5. The summed E-state index contributed by atoms with van der Waals surface area (Å²) in [5.74, 6) is -0.467. The minimum absolute atomic E-state index is 0.0847. The molecule has 0 saturated carbocycles. The summed E-state index contributed by atoms with van der Waals surface area (Å²) in [6, 6.07) is 6.39. The van der Waals surface area contributed by atoms with E-state index in [0.717, 1.165) is 38.8 Å². The van der Waals surface area contributed by atoms with E-state index < -0.39 is 0 Å². The zero-order valence-electron chi connectivity index (χ0n) is 14.2. The first-order valence-corrected chi connectivity index (χ1v) is 9.31. The van der Waals surface area contributed by atoms with E-state index >= 15 is 0 Å². The number of aromatic nitrogens is 1. The van der Waals surface area contributed by atoms with Crippen LogP contribution < -0.4 is 5.32 Å². The smallest absolute Gasteiger partial charge is 0.257 e. The third-order valence-electron chi connectivity index (χ3n) is 4.32. The number of rotatable bonds is 3. The summed E-state index contributed by atoms with van der Waals surface area (Å²) in [5, 5.41) is 3.54. The second-order valence-corrected chi connectivity index (χ2v) is 7.09. The number of hydrogen-bond acceptors (Lipinski definition) is 3. The summed E-state index contributed by atoms with van der Waals surface area (Å²) in [7, 11) is 0. The maximum Gasteiger partial charge on any atom is 0.257 e. The van der Waals surface area contributed by atoms with E-state index in [1.54, 1.807) is 24.3 Å². The standard InChI is InChI=1S/C19H19Cl2N3O2/c20-15-5-6-17(16(21)10-15)23-18(25)13-9-14(12-22-11-13)19(26)24-7-3-1-2-4-8-24/h5-6,9-12H,1-4,7-8H2,(H,23,25). The molecular formula is C19H19Cl2N3O2. The highest BCUT2D eigenvalue weighted by atomic mass is 35.5. The van der Waals surface area contributed by atoms with Gasteiger partial charge in [0.15, 0.2) is 0 Å². The number of nitrogens with one attached hydrogen (secondary N) is 1. The fraction of sp³-hybridized carbons (Fsp3) is 0.316. The van der Waals surface area contributed by atoms with Crippen LogP contribution >= 0.6 is 23.2 Å². The van der Waals surface area contributed by atoms with Gasteiger partial charge in [0.1, 0.15) is 0 Å². The van der Waals surface area contributed by atoms with Crippen LogP contribution in [0.15, 0.2) is 36.7 Å². The number of likely N-dealkylation sites (tertiary alicyclic amines) is 1. The highest BCUT2D eigenvalue weighted by Crippen LogP contribution is 2.26. The van der Waals surface area contributed by atoms with Gasteiger partial charge < -0.3 is 10.2 Å². The van der Waals surface area contributed by atoms with E-state index in [1.165, 1.54) is 12.4 Å². The first kappa shape index (κ1) is 18.7. The van der Waals surface area contributed by atoms with E-state index in [9.17, 15) is 9.59 Å². The Morgan fingerprint density at radius 2 is 1.65 bits per heavy atom. The molecule has 1 aromatic carbocycles. The molecule has 136 valence electrons. The van der Waals surface area contributed by atoms with Crippen LogP contribution in [-0.2, 0) is 0 Å². The van der Waals surface area contributed by atoms with Gasteiger partial charge in [-0.05, 0) is 37.1 Å². The maximum absolute atomic E-state index is 12.7. The van der Waals surface area contributed by atoms with Crippen LogP contribution in [0.5, 0.6) is 0 Å². The zero-order valence-corrected chi connectivity index (χ0v) is 15.7. The summed E-state index contributed by atoms with van der Waals surface area (Å²) in [5.41, 5.74) is 1.17. The van der Waals surface area contributed by atoms with Gasteiger partial charge in [-0.2, -0.15) is 0 Å². The Labute approximate surface area is 162 Å². The Kier molecular flexibility index (Phi) is 6.12. The van der Waals surface area contributed by atoms with E-state index in [-0.39, 0.29) is 11.8 Å². The van der Waals surface area contributed by atoms with Crippen LogP contribution in [0.2, 0.25) is 10.0 Å². The number of halogens is 2. The Balaban J connectivity index is 1.75. The lowest BCUT2D eigenvalue weighted by Crippen LogP contribution is -2.32. The van der Waals surface area contributed by atoms with Crippen LogP contribution in [0.1, 0.15) is 46.4 Å². The number of carbonyl (C=O) groups excluding carboxylic acids is 2. The maximum atomic E-state index is 12.7. The molecule has 1 N–H and O–H groups in total. The monoisotopic (exact) mass is 391 g/mol. The molecule has 1 aromatic heterocycles. The number of anilines is 1. The van der Waals surface area contributed by atoms with Gasteiger partial charge in [0, 0.05) is 30.5 Å². The van der Waals surface area contributed by atoms with Crippen molar-refractivity contribution in [3.05, 3.63) is 57.8 Å². The fourth-order valence-corrected chi connectivity index (χ4v) is 3.38. The molecule has 1 saturated heterocycles. The average Bonchev–Trinajstić information content (AvgIpc) is 2.93. The van der Waals surface area contributed by atoms with Crippen molar-refractivity contribution >= 4 is 40.7 Å². The summed E-state index contributed by atoms with van der Waals surface area (Å²) >= 11 is 11.9. The highest BCUT2D eigenvalue weighted by molar-refractivity contribution is 6.36. The minimum Gasteiger partial charge on any atom is -0.339 e. The van der Waals surface area contributed by atoms with Crippen LogP contribution in [-0.4, -0.2) is 34.8 Å². The molecule has 7 heteroatoms. The van der Waals surface area contributed by atoms with Crippen molar-refractivity contribution < 1.29 is 9.59 Å². The Bertz CT molecular complexity index is 818. The summed E-state index contributed by atoms with van der Waals surface area (Å²) in [6.45, 7) is 1.49. The molecular weight excluding hydrogens is 373 g/mol. The predicted octanol–water partition coefficient (Wildman–Crippen LogP) is 4.66. The first-order valence-electron chi connectivity index (χ1n) is 8.55. The molecule has 26 heavy (non-hydrogen) atoms. The van der Waals surface area contributed by atoms with Gasteiger partial charge in [-0.15, -0.1) is 0 Å². The van der Waals surface area contributed by atoms with E-state index in [2.05, 4.69) is 10.3 Å². The Morgan fingerprint density at radius 3 is 2.35 bits per heavy atom. The Hall–Kier alpha value is -2.11. The van der Waals surface area contributed by atoms with E-state index in [1.807, 2.05) is 4.90 Å². The number of carbonyl (C=O) groups is 2. The molecule has 1 aliphatic heterocycles. The lowest BCUT2D eigenvalue weighted by atomic mass is 10.1. The molecule has 0 bridgehead atoms. The van der Waals surface area contributed by atoms with Gasteiger partial charge in [-0.25, -0.2) is 0 Å². The normalized spacial score (nSPS) is 14.6. The van der Waals surface area contributed by atoms with Crippen molar-refractivity contribution in [2.24, 2.45) is 0 Å². The quantitative estimate of drug-likeness (QED) is 0.827. The van der Waals surface area contributed by atoms with Crippen molar-refractivity contribution in [2.45, 2.75) is 25.7 Å². The molecule has 0 atom stereocenters. The van der Waals surface area contributed by atoms with Crippen LogP contribution in [0, 0.1) is 0 Å². The fourth-order valence-electron chi connectivity index (χ4n) is 2.92. The Morgan fingerprint density at radius 1 is 0.962 bits per heavy atom. The molecule has 0 spiro atoms. The predicted molar refractivity (Wildman–Crippen MR) is 103 cm³/mol. The second kappa shape index (κ2) is 8.52. The first-order chi connectivity index (χ1) is 12.5. The topological polar surface area (TPSA) is 62.3 Å². The molecule has 3 rings (SSSR count). The van der Waals surface area contributed by atoms with Gasteiger partial charge in [0.2, 0.25) is 0 Å². The van der Waals surface area contributed by atoms with Crippen molar-refractivity contribution in [3.63, 3.8) is 0 Å². The summed E-state index contributed by atoms with van der Waals surface area (Å²) < 4.78 is 0. The van der Waals surface area contributed by atoms with Gasteiger partial charge in [0.05, 0.1) is 21.8 Å². The third kappa shape index (κ3) is 4.54. The minimum atomic E-state index is -0.382. The van der Waals surface area contributed by atoms with Gasteiger partial charge in [-0.3, -0.25) is 14.6 Å². The lowest BCUT2D eigenvalue weighted by Gasteiger charge is -2.20. The number of nitrogens with zero attached hydrogens (tertiary/aromatic N) is 2. The molecule has 0 unspecified atom stereocenters. The molecule has 0 radical (unpaired) electrons. The third-order valence-corrected chi connectivity index (χ3v) is 4.87. The number of benzene rings is 1. The van der Waals surface area contributed by atoms with Gasteiger partial charge in [-0.1, -0.05) is 36.0 Å². The molecule has 5 nitrogen and oxygen atoms in total. The van der Waals surface area contributed by atoms with Gasteiger partial charge in [0.25, 0.3) is 11.8 Å². The molecule has 1 fully saturated rings. The number of hydrogen-bond donors (Lipinski definition) is 1. The van der Waals surface area contributed by atoms with Crippen molar-refractivity contribution in [1.82, 2.24) is 9.88 Å². The molecule has 2 aromatic rings. The van der Waals surface area contributed by atoms with Crippen molar-refractivity contribution in [1.29, 1.82) is 0 Å². The van der Waals surface area contributed by atoms with Crippen molar-refractivity contribution in [3.8, 4) is 0 Å². The largest absolute Gasteiger partial charge is 0.339 e. The molecule has 0 aliphatic carbocycles. The van der Waals surface area contributed by atoms with Crippen LogP contribution in [0.4, 0.5) is 5.69 Å². The summed E-state index contributed by atoms with van der Waals surface area (Å²) in [4.78, 5) is 31.1. The molecule has 2 amide bonds.